The molecule has 3 rings (SSSR count). The number of amides is 1. The van der Waals surface area contributed by atoms with Gasteiger partial charge in [0.05, 0.1) is 0 Å². The summed E-state index contributed by atoms with van der Waals surface area (Å²) in [6.45, 7) is 0. The van der Waals surface area contributed by atoms with Gasteiger partial charge in [0.25, 0.3) is 0 Å². The normalized spacial score (nSPS) is 20.4. The van der Waals surface area contributed by atoms with Crippen LogP contribution in [0.5, 0.6) is 0 Å². The molecule has 1 aromatic heterocycles. The molecule has 1 aliphatic rings. The Hall–Kier alpha value is -2.28. The highest BCUT2D eigenvalue weighted by atomic mass is 32.1. The molecule has 102 valence electrons. The molecule has 0 fully saturated rings. The van der Waals surface area contributed by atoms with Crippen LogP contribution in [0, 0.1) is 0 Å². The second-order valence-corrected chi connectivity index (χ2v) is 5.13. The van der Waals surface area contributed by atoms with Crippen LogP contribution in [-0.4, -0.2) is 27.6 Å². The van der Waals surface area contributed by atoms with Crippen molar-refractivity contribution in [1.82, 2.24) is 9.59 Å². The molecule has 1 aliphatic carbocycles. The molecule has 2 aromatic rings. The van der Waals surface area contributed by atoms with Gasteiger partial charge in [0.15, 0.2) is 5.69 Å². The van der Waals surface area contributed by atoms with Crippen LogP contribution in [0.4, 0.5) is 0 Å². The molecule has 1 heterocycles. The largest absolute Gasteiger partial charge is 0.456 e. The van der Waals surface area contributed by atoms with E-state index in [0.717, 1.165) is 22.7 Å². The number of nitrogens with two attached hydrogens (primary N) is 1. The summed E-state index contributed by atoms with van der Waals surface area (Å²) in [4.78, 5) is 23.6. The van der Waals surface area contributed by atoms with Gasteiger partial charge >= 0.3 is 5.97 Å². The molecule has 0 bridgehead atoms. The third-order valence-electron chi connectivity index (χ3n) is 3.32. The number of rotatable bonds is 3. The van der Waals surface area contributed by atoms with Gasteiger partial charge in [-0.15, -0.1) is 5.10 Å². The number of aromatic nitrogens is 2. The number of nitrogens with zero attached hydrogens (tertiary/aromatic N) is 2. The fourth-order valence-electron chi connectivity index (χ4n) is 2.46. The summed E-state index contributed by atoms with van der Waals surface area (Å²) in [6.07, 6.45) is -0.105. The number of fused-ring (bicyclic) bond motifs is 1. The molecular weight excluding hydrogens is 278 g/mol. The summed E-state index contributed by atoms with van der Waals surface area (Å²) in [5.74, 6) is -1.69. The monoisotopic (exact) mass is 289 g/mol. The van der Waals surface area contributed by atoms with Gasteiger partial charge < -0.3 is 10.5 Å². The number of hydrogen-bond donors (Lipinski definition) is 1. The molecule has 0 radical (unpaired) electrons. The van der Waals surface area contributed by atoms with Crippen LogP contribution in [0.15, 0.2) is 29.6 Å². The summed E-state index contributed by atoms with van der Waals surface area (Å²) in [5.41, 5.74) is 7.39. The minimum absolute atomic E-state index is 0.147. The van der Waals surface area contributed by atoms with Crippen molar-refractivity contribution in [2.45, 2.75) is 18.4 Å². The van der Waals surface area contributed by atoms with Gasteiger partial charge in [0.2, 0.25) is 5.91 Å². The fraction of sp³-hybridized carbons (Fsp3) is 0.231. The van der Waals surface area contributed by atoms with E-state index >= 15 is 0 Å². The standard InChI is InChI=1S/C13H11N3O3S/c14-12(17)11-8-4-2-1-3-7(8)5-10(11)19-13(18)9-6-20-16-15-9/h1-4,6,10-11H,5H2,(H2,14,17). The van der Waals surface area contributed by atoms with Crippen molar-refractivity contribution in [2.75, 3.05) is 0 Å². The topological polar surface area (TPSA) is 95.2 Å². The van der Waals surface area contributed by atoms with E-state index in [1.54, 1.807) is 0 Å². The molecule has 0 aliphatic heterocycles. The number of primary amides is 1. The SMILES string of the molecule is NC(=O)C1c2ccccc2CC1OC(=O)c1csnn1. The maximum absolute atomic E-state index is 11.9. The van der Waals surface area contributed by atoms with Gasteiger partial charge in [-0.05, 0) is 22.7 Å². The van der Waals surface area contributed by atoms with Crippen molar-refractivity contribution in [2.24, 2.45) is 5.73 Å². The molecule has 1 aromatic carbocycles. The van der Waals surface area contributed by atoms with Crippen molar-refractivity contribution in [3.63, 3.8) is 0 Å². The second-order valence-electron chi connectivity index (χ2n) is 4.52. The zero-order chi connectivity index (χ0) is 14.1. The maximum atomic E-state index is 11.9. The lowest BCUT2D eigenvalue weighted by Gasteiger charge is -2.17. The van der Waals surface area contributed by atoms with Crippen molar-refractivity contribution < 1.29 is 14.3 Å². The van der Waals surface area contributed by atoms with Crippen LogP contribution in [0.1, 0.15) is 27.5 Å². The predicted octanol–water partition coefficient (Wildman–Crippen LogP) is 0.889. The van der Waals surface area contributed by atoms with Crippen LogP contribution in [-0.2, 0) is 16.0 Å². The summed E-state index contributed by atoms with van der Waals surface area (Å²) in [7, 11) is 0. The third-order valence-corrected chi connectivity index (χ3v) is 3.82. The molecule has 0 saturated carbocycles. The van der Waals surface area contributed by atoms with Crippen molar-refractivity contribution in [1.29, 1.82) is 0 Å². The van der Waals surface area contributed by atoms with E-state index < -0.39 is 23.9 Å². The highest BCUT2D eigenvalue weighted by Crippen LogP contribution is 2.35. The lowest BCUT2D eigenvalue weighted by atomic mass is 9.99. The Morgan fingerprint density at radius 3 is 2.85 bits per heavy atom. The molecule has 7 heteroatoms. The minimum atomic E-state index is -0.609. The highest BCUT2D eigenvalue weighted by molar-refractivity contribution is 7.03. The fourth-order valence-corrected chi connectivity index (χ4v) is 2.88. The molecule has 20 heavy (non-hydrogen) atoms. The molecule has 6 nitrogen and oxygen atoms in total. The molecule has 2 N–H and O–H groups in total. The first-order valence-electron chi connectivity index (χ1n) is 6.02. The van der Waals surface area contributed by atoms with Crippen molar-refractivity contribution in [3.05, 3.63) is 46.5 Å². The average Bonchev–Trinajstić information content (AvgIpc) is 3.05. The Kier molecular flexibility index (Phi) is 3.19. The zero-order valence-electron chi connectivity index (χ0n) is 10.4. The van der Waals surface area contributed by atoms with E-state index in [4.69, 9.17) is 10.5 Å². The Balaban J connectivity index is 1.84. The Morgan fingerprint density at radius 2 is 2.15 bits per heavy atom. The molecule has 0 saturated heterocycles. The van der Waals surface area contributed by atoms with Crippen LogP contribution >= 0.6 is 11.5 Å². The van der Waals surface area contributed by atoms with Gasteiger partial charge in [-0.1, -0.05) is 28.8 Å². The van der Waals surface area contributed by atoms with E-state index in [-0.39, 0.29) is 5.69 Å². The maximum Gasteiger partial charge on any atom is 0.360 e. The van der Waals surface area contributed by atoms with E-state index in [0.29, 0.717) is 6.42 Å². The van der Waals surface area contributed by atoms with E-state index in [1.807, 2.05) is 24.3 Å². The Bertz CT molecular complexity index is 657. The third kappa shape index (κ3) is 2.16. The van der Waals surface area contributed by atoms with Gasteiger partial charge in [-0.2, -0.15) is 0 Å². The van der Waals surface area contributed by atoms with Crippen LogP contribution in [0.2, 0.25) is 0 Å². The minimum Gasteiger partial charge on any atom is -0.456 e. The first-order valence-corrected chi connectivity index (χ1v) is 6.85. The average molecular weight is 289 g/mol. The second kappa shape index (κ2) is 5.01. The quantitative estimate of drug-likeness (QED) is 0.847. The molecule has 1 amide bonds. The Morgan fingerprint density at radius 1 is 1.35 bits per heavy atom. The van der Waals surface area contributed by atoms with Crippen LogP contribution < -0.4 is 5.73 Å². The highest BCUT2D eigenvalue weighted by Gasteiger charge is 2.39. The number of esters is 1. The summed E-state index contributed by atoms with van der Waals surface area (Å²) >= 11 is 1.07. The van der Waals surface area contributed by atoms with E-state index in [1.165, 1.54) is 5.38 Å². The predicted molar refractivity (Wildman–Crippen MR) is 71.2 cm³/mol. The number of benzene rings is 1. The first-order chi connectivity index (χ1) is 9.66. The Labute approximate surface area is 118 Å². The molecule has 2 unspecified atom stereocenters. The summed E-state index contributed by atoms with van der Waals surface area (Å²) < 4.78 is 8.99. The lowest BCUT2D eigenvalue weighted by molar-refractivity contribution is -0.121. The summed E-state index contributed by atoms with van der Waals surface area (Å²) in [5, 5.41) is 5.16. The van der Waals surface area contributed by atoms with E-state index in [9.17, 15) is 9.59 Å². The van der Waals surface area contributed by atoms with Crippen molar-refractivity contribution >= 4 is 23.4 Å². The van der Waals surface area contributed by atoms with Gasteiger partial charge in [0.1, 0.15) is 12.0 Å². The lowest BCUT2D eigenvalue weighted by Crippen LogP contribution is -2.32. The van der Waals surface area contributed by atoms with Gasteiger partial charge in [0, 0.05) is 11.8 Å². The molecular formula is C13H11N3O3S. The van der Waals surface area contributed by atoms with E-state index in [2.05, 4.69) is 9.59 Å². The molecule has 0 spiro atoms. The number of ether oxygens (including phenoxy) is 1. The molecule has 2 atom stereocenters. The first kappa shape index (κ1) is 12.7. The summed E-state index contributed by atoms with van der Waals surface area (Å²) in [6, 6.07) is 7.46. The van der Waals surface area contributed by atoms with Gasteiger partial charge in [-0.25, -0.2) is 4.79 Å². The number of carbonyl (C=O) groups is 2. The van der Waals surface area contributed by atoms with Gasteiger partial charge in [-0.3, -0.25) is 4.79 Å². The van der Waals surface area contributed by atoms with Crippen LogP contribution in [0.3, 0.4) is 0 Å². The zero-order valence-corrected chi connectivity index (χ0v) is 11.2. The van der Waals surface area contributed by atoms with Crippen LogP contribution in [0.25, 0.3) is 0 Å². The smallest absolute Gasteiger partial charge is 0.360 e. The number of carbonyl (C=O) groups excluding carboxylic acids is 2. The number of hydrogen-bond acceptors (Lipinski definition) is 6. The van der Waals surface area contributed by atoms with Crippen molar-refractivity contribution in [3.8, 4) is 0 Å².